The summed E-state index contributed by atoms with van der Waals surface area (Å²) in [6.07, 6.45) is 1.52. The number of aliphatic hydroxyl groups excluding tert-OH is 1. The van der Waals surface area contributed by atoms with Crippen molar-refractivity contribution >= 4 is 5.91 Å². The van der Waals surface area contributed by atoms with Gasteiger partial charge in [0.15, 0.2) is 0 Å². The lowest BCUT2D eigenvalue weighted by molar-refractivity contribution is 0.0934. The fourth-order valence-corrected chi connectivity index (χ4v) is 2.49. The zero-order valence-electron chi connectivity index (χ0n) is 14.7. The van der Waals surface area contributed by atoms with Crippen molar-refractivity contribution < 1.29 is 14.4 Å². The van der Waals surface area contributed by atoms with E-state index in [2.05, 4.69) is 34.4 Å². The second-order valence-electron chi connectivity index (χ2n) is 6.14. The highest BCUT2D eigenvalue weighted by molar-refractivity contribution is 5.92. The van der Waals surface area contributed by atoms with Crippen molar-refractivity contribution in [2.45, 2.75) is 26.3 Å². The highest BCUT2D eigenvalue weighted by Gasteiger charge is 2.15. The van der Waals surface area contributed by atoms with Gasteiger partial charge in [-0.15, -0.1) is 0 Å². The zero-order valence-corrected chi connectivity index (χ0v) is 14.7. The van der Waals surface area contributed by atoms with Gasteiger partial charge >= 0.3 is 0 Å². The van der Waals surface area contributed by atoms with Gasteiger partial charge in [-0.3, -0.25) is 9.48 Å². The summed E-state index contributed by atoms with van der Waals surface area (Å²) in [5.74, 6) is 0.988. The van der Waals surface area contributed by atoms with Crippen LogP contribution in [0.5, 0.6) is 0 Å². The Morgan fingerprint density at radius 1 is 1.27 bits per heavy atom. The molecule has 8 heteroatoms. The summed E-state index contributed by atoms with van der Waals surface area (Å²) >= 11 is 0. The summed E-state index contributed by atoms with van der Waals surface area (Å²) in [7, 11) is 0. The zero-order chi connectivity index (χ0) is 18.5. The average molecular weight is 355 g/mol. The van der Waals surface area contributed by atoms with Crippen LogP contribution < -0.4 is 5.32 Å². The van der Waals surface area contributed by atoms with E-state index in [9.17, 15) is 4.79 Å². The number of nitrogens with zero attached hydrogens (tertiary/aromatic N) is 4. The number of nitrogens with one attached hydrogen (secondary N) is 1. The maximum atomic E-state index is 12.0. The SMILES string of the molecule is CC(C)c1ccc(-c2noc(Cn3nccc3C(=O)NCCO)n2)cc1. The van der Waals surface area contributed by atoms with Crippen molar-refractivity contribution in [2.24, 2.45) is 0 Å². The van der Waals surface area contributed by atoms with Crippen molar-refractivity contribution in [3.8, 4) is 11.4 Å². The van der Waals surface area contributed by atoms with Gasteiger partial charge in [0.1, 0.15) is 12.2 Å². The van der Waals surface area contributed by atoms with Crippen LogP contribution >= 0.6 is 0 Å². The number of carbonyl (C=O) groups excluding carboxylic acids is 1. The van der Waals surface area contributed by atoms with Gasteiger partial charge < -0.3 is 14.9 Å². The largest absolute Gasteiger partial charge is 0.395 e. The second-order valence-corrected chi connectivity index (χ2v) is 6.14. The topological polar surface area (TPSA) is 106 Å². The Morgan fingerprint density at radius 3 is 2.73 bits per heavy atom. The van der Waals surface area contributed by atoms with Crippen LogP contribution in [-0.4, -0.2) is 44.1 Å². The number of aliphatic hydroxyl groups is 1. The van der Waals surface area contributed by atoms with E-state index in [1.165, 1.54) is 16.4 Å². The molecule has 0 spiro atoms. The van der Waals surface area contributed by atoms with Crippen LogP contribution in [-0.2, 0) is 6.54 Å². The molecule has 3 aromatic rings. The van der Waals surface area contributed by atoms with Crippen molar-refractivity contribution in [3.05, 3.63) is 53.7 Å². The molecule has 2 aromatic heterocycles. The molecule has 0 saturated heterocycles. The molecule has 0 fully saturated rings. The van der Waals surface area contributed by atoms with Crippen LogP contribution in [0.2, 0.25) is 0 Å². The molecule has 2 heterocycles. The third kappa shape index (κ3) is 3.97. The van der Waals surface area contributed by atoms with E-state index in [0.29, 0.717) is 23.3 Å². The van der Waals surface area contributed by atoms with E-state index < -0.39 is 0 Å². The Morgan fingerprint density at radius 2 is 2.04 bits per heavy atom. The van der Waals surface area contributed by atoms with E-state index in [4.69, 9.17) is 9.63 Å². The van der Waals surface area contributed by atoms with Gasteiger partial charge in [-0.25, -0.2) is 0 Å². The maximum Gasteiger partial charge on any atom is 0.269 e. The van der Waals surface area contributed by atoms with Gasteiger partial charge in [-0.2, -0.15) is 10.1 Å². The molecule has 0 unspecified atom stereocenters. The molecule has 26 heavy (non-hydrogen) atoms. The first-order valence-corrected chi connectivity index (χ1v) is 8.42. The van der Waals surface area contributed by atoms with Gasteiger partial charge in [-0.05, 0) is 17.5 Å². The minimum absolute atomic E-state index is 0.123. The Balaban J connectivity index is 1.73. The van der Waals surface area contributed by atoms with Crippen LogP contribution in [0.15, 0.2) is 41.1 Å². The van der Waals surface area contributed by atoms with Gasteiger partial charge in [0.25, 0.3) is 5.91 Å². The molecule has 3 rings (SSSR count). The van der Waals surface area contributed by atoms with E-state index in [0.717, 1.165) is 5.56 Å². The molecule has 1 amide bonds. The summed E-state index contributed by atoms with van der Waals surface area (Å²) in [4.78, 5) is 16.4. The monoisotopic (exact) mass is 355 g/mol. The predicted molar refractivity (Wildman–Crippen MR) is 94.6 cm³/mol. The molecule has 0 aliphatic rings. The highest BCUT2D eigenvalue weighted by atomic mass is 16.5. The van der Waals surface area contributed by atoms with Crippen molar-refractivity contribution in [2.75, 3.05) is 13.2 Å². The first-order chi connectivity index (χ1) is 12.6. The van der Waals surface area contributed by atoms with Gasteiger partial charge in [-0.1, -0.05) is 43.3 Å². The molecule has 1 aromatic carbocycles. The second kappa shape index (κ2) is 7.92. The Labute approximate surface area is 150 Å². The number of benzene rings is 1. The third-order valence-electron chi connectivity index (χ3n) is 3.94. The van der Waals surface area contributed by atoms with Crippen LogP contribution in [0.25, 0.3) is 11.4 Å². The van der Waals surface area contributed by atoms with E-state index in [1.807, 2.05) is 24.3 Å². The number of rotatable bonds is 7. The number of hydrogen-bond donors (Lipinski definition) is 2. The molecule has 0 aliphatic carbocycles. The van der Waals surface area contributed by atoms with E-state index >= 15 is 0 Å². The minimum atomic E-state index is -0.319. The lowest BCUT2D eigenvalue weighted by atomic mass is 10.0. The molecule has 8 nitrogen and oxygen atoms in total. The highest BCUT2D eigenvalue weighted by Crippen LogP contribution is 2.20. The predicted octanol–water partition coefficient (Wildman–Crippen LogP) is 1.83. The first kappa shape index (κ1) is 17.8. The molecular formula is C18H21N5O3. The maximum absolute atomic E-state index is 12.0. The van der Waals surface area contributed by atoms with Crippen LogP contribution in [0.4, 0.5) is 0 Å². The third-order valence-corrected chi connectivity index (χ3v) is 3.94. The first-order valence-electron chi connectivity index (χ1n) is 8.42. The molecular weight excluding hydrogens is 334 g/mol. The molecule has 136 valence electrons. The average Bonchev–Trinajstić information content (AvgIpc) is 3.30. The molecule has 2 N–H and O–H groups in total. The van der Waals surface area contributed by atoms with Crippen molar-refractivity contribution in [1.29, 1.82) is 0 Å². The van der Waals surface area contributed by atoms with Crippen molar-refractivity contribution in [3.63, 3.8) is 0 Å². The lowest BCUT2D eigenvalue weighted by Crippen LogP contribution is -2.28. The summed E-state index contributed by atoms with van der Waals surface area (Å²) in [5, 5.41) is 19.5. The molecule has 0 bridgehead atoms. The molecule has 0 atom stereocenters. The summed E-state index contributed by atoms with van der Waals surface area (Å²) in [6, 6.07) is 9.62. The molecule has 0 saturated carbocycles. The Kier molecular flexibility index (Phi) is 5.43. The molecule has 0 aliphatic heterocycles. The van der Waals surface area contributed by atoms with Crippen molar-refractivity contribution in [1.82, 2.24) is 25.2 Å². The van der Waals surface area contributed by atoms with Gasteiger partial charge in [0.05, 0.1) is 6.61 Å². The quantitative estimate of drug-likeness (QED) is 0.670. The summed E-state index contributed by atoms with van der Waals surface area (Å²) < 4.78 is 6.77. The van der Waals surface area contributed by atoms with E-state index in [1.54, 1.807) is 6.07 Å². The standard InChI is InChI=1S/C18H21N5O3/c1-12(2)13-3-5-14(6-4-13)17-21-16(26-22-17)11-23-15(7-8-20-23)18(25)19-9-10-24/h3-8,12,24H,9-11H2,1-2H3,(H,19,25). The van der Waals surface area contributed by atoms with E-state index in [-0.39, 0.29) is 25.6 Å². The number of aromatic nitrogens is 4. The van der Waals surface area contributed by atoms with Crippen LogP contribution in [0, 0.1) is 0 Å². The Hall–Kier alpha value is -3.00. The minimum Gasteiger partial charge on any atom is -0.395 e. The fraction of sp³-hybridized carbons (Fsp3) is 0.333. The number of hydrogen-bond acceptors (Lipinski definition) is 6. The normalized spacial score (nSPS) is 11.1. The molecule has 0 radical (unpaired) electrons. The lowest BCUT2D eigenvalue weighted by Gasteiger charge is -2.05. The number of amides is 1. The fourth-order valence-electron chi connectivity index (χ4n) is 2.49. The Bertz CT molecular complexity index is 867. The van der Waals surface area contributed by atoms with Gasteiger partial charge in [0.2, 0.25) is 11.7 Å². The smallest absolute Gasteiger partial charge is 0.269 e. The van der Waals surface area contributed by atoms with Crippen LogP contribution in [0.1, 0.15) is 41.7 Å². The summed E-state index contributed by atoms with van der Waals surface area (Å²) in [5.41, 5.74) is 2.47. The summed E-state index contributed by atoms with van der Waals surface area (Å²) in [6.45, 7) is 4.52. The number of carbonyl (C=O) groups is 1. The van der Waals surface area contributed by atoms with Crippen LogP contribution in [0.3, 0.4) is 0 Å². The van der Waals surface area contributed by atoms with Gasteiger partial charge in [0, 0.05) is 18.3 Å².